The van der Waals surface area contributed by atoms with E-state index in [9.17, 15) is 22.8 Å². The number of hydrogen-bond acceptors (Lipinski definition) is 4. The number of amides is 2. The monoisotopic (exact) mass is 503 g/mol. The zero-order chi connectivity index (χ0) is 25.8. The molecule has 0 aromatic heterocycles. The van der Waals surface area contributed by atoms with Crippen molar-refractivity contribution in [2.45, 2.75) is 25.4 Å². The summed E-state index contributed by atoms with van der Waals surface area (Å²) in [5, 5.41) is 0. The number of piperidine rings is 1. The average molecular weight is 504 g/mol. The van der Waals surface area contributed by atoms with Crippen LogP contribution in [0.15, 0.2) is 54.6 Å². The molecule has 0 unspecified atom stereocenters. The van der Waals surface area contributed by atoms with Crippen LogP contribution in [0.5, 0.6) is 5.75 Å². The fraction of sp³-hybridized carbons (Fsp3) is 0.481. The fourth-order valence-electron chi connectivity index (χ4n) is 5.02. The summed E-state index contributed by atoms with van der Waals surface area (Å²) >= 11 is 0. The number of nitrogens with zero attached hydrogens (tertiary/aromatic N) is 3. The first-order valence-corrected chi connectivity index (χ1v) is 12.3. The molecule has 0 saturated carbocycles. The average Bonchev–Trinajstić information content (AvgIpc) is 2.88. The summed E-state index contributed by atoms with van der Waals surface area (Å²) in [6.45, 7) is 3.53. The molecule has 0 N–H and O–H groups in total. The molecule has 36 heavy (non-hydrogen) atoms. The smallest absolute Gasteiger partial charge is 0.417 e. The maximum absolute atomic E-state index is 13.6. The SMILES string of the molecule is CN1CCN(C(=O)C[C@@]2(COc3ccccc3)CCCN(C(=O)c3ccccc3C(F)(F)F)C2)CC1. The molecule has 2 saturated heterocycles. The second kappa shape index (κ2) is 10.9. The number of likely N-dealkylation sites (N-methyl/N-ethyl adjacent to an activating group) is 1. The Labute approximate surface area is 209 Å². The van der Waals surface area contributed by atoms with Crippen LogP contribution in [0, 0.1) is 5.41 Å². The number of carbonyl (C=O) groups is 2. The maximum atomic E-state index is 13.6. The Balaban J connectivity index is 1.56. The zero-order valence-corrected chi connectivity index (χ0v) is 20.5. The molecule has 2 aromatic rings. The highest BCUT2D eigenvalue weighted by Gasteiger charge is 2.43. The van der Waals surface area contributed by atoms with E-state index in [2.05, 4.69) is 4.90 Å². The van der Waals surface area contributed by atoms with E-state index in [0.29, 0.717) is 38.2 Å². The van der Waals surface area contributed by atoms with Gasteiger partial charge in [0.05, 0.1) is 17.7 Å². The third-order valence-electron chi connectivity index (χ3n) is 7.08. The van der Waals surface area contributed by atoms with Crippen LogP contribution in [0.4, 0.5) is 13.2 Å². The van der Waals surface area contributed by atoms with Gasteiger partial charge >= 0.3 is 6.18 Å². The molecule has 2 fully saturated rings. The molecular formula is C27H32F3N3O3. The van der Waals surface area contributed by atoms with Crippen molar-refractivity contribution in [3.05, 3.63) is 65.7 Å². The van der Waals surface area contributed by atoms with E-state index in [4.69, 9.17) is 4.74 Å². The van der Waals surface area contributed by atoms with E-state index >= 15 is 0 Å². The van der Waals surface area contributed by atoms with Crippen molar-refractivity contribution in [2.75, 3.05) is 52.9 Å². The van der Waals surface area contributed by atoms with Crippen molar-refractivity contribution in [2.24, 2.45) is 5.41 Å². The fourth-order valence-corrected chi connectivity index (χ4v) is 5.02. The summed E-state index contributed by atoms with van der Waals surface area (Å²) in [4.78, 5) is 32.1. The van der Waals surface area contributed by atoms with Crippen molar-refractivity contribution in [1.82, 2.24) is 14.7 Å². The van der Waals surface area contributed by atoms with Crippen molar-refractivity contribution >= 4 is 11.8 Å². The van der Waals surface area contributed by atoms with Gasteiger partial charge in [0, 0.05) is 51.1 Å². The molecule has 0 spiro atoms. The van der Waals surface area contributed by atoms with Gasteiger partial charge in [0.2, 0.25) is 5.91 Å². The van der Waals surface area contributed by atoms with Crippen LogP contribution in [-0.4, -0.2) is 79.4 Å². The number of ether oxygens (including phenoxy) is 1. The van der Waals surface area contributed by atoms with Crippen LogP contribution in [0.2, 0.25) is 0 Å². The highest BCUT2D eigenvalue weighted by Crippen LogP contribution is 2.37. The van der Waals surface area contributed by atoms with E-state index in [1.165, 1.54) is 23.1 Å². The van der Waals surface area contributed by atoms with Crippen molar-refractivity contribution in [1.29, 1.82) is 0 Å². The highest BCUT2D eigenvalue weighted by molar-refractivity contribution is 5.96. The predicted octanol–water partition coefficient (Wildman–Crippen LogP) is 4.17. The van der Waals surface area contributed by atoms with Gasteiger partial charge in [-0.3, -0.25) is 9.59 Å². The van der Waals surface area contributed by atoms with E-state index in [1.807, 2.05) is 42.3 Å². The second-order valence-electron chi connectivity index (χ2n) is 9.84. The molecule has 2 aromatic carbocycles. The van der Waals surface area contributed by atoms with Gasteiger partial charge in [-0.05, 0) is 44.2 Å². The van der Waals surface area contributed by atoms with E-state index < -0.39 is 23.1 Å². The Morgan fingerprint density at radius 2 is 1.58 bits per heavy atom. The number of benzene rings is 2. The summed E-state index contributed by atoms with van der Waals surface area (Å²) in [6.07, 6.45) is -3.24. The van der Waals surface area contributed by atoms with Crippen molar-refractivity contribution in [3.63, 3.8) is 0 Å². The lowest BCUT2D eigenvalue weighted by molar-refractivity contribution is -0.138. The molecule has 6 nitrogen and oxygen atoms in total. The van der Waals surface area contributed by atoms with Gasteiger partial charge in [-0.25, -0.2) is 0 Å². The lowest BCUT2D eigenvalue weighted by Crippen LogP contribution is -2.53. The number of para-hydroxylation sites is 1. The molecule has 0 bridgehead atoms. The zero-order valence-electron chi connectivity index (χ0n) is 20.5. The molecule has 194 valence electrons. The van der Waals surface area contributed by atoms with Gasteiger partial charge in [-0.15, -0.1) is 0 Å². The molecule has 2 aliphatic heterocycles. The molecule has 2 aliphatic rings. The molecule has 0 radical (unpaired) electrons. The number of piperazine rings is 1. The van der Waals surface area contributed by atoms with Crippen molar-refractivity contribution in [3.8, 4) is 5.75 Å². The van der Waals surface area contributed by atoms with Crippen LogP contribution in [0.1, 0.15) is 35.2 Å². The third-order valence-corrected chi connectivity index (χ3v) is 7.08. The summed E-state index contributed by atoms with van der Waals surface area (Å²) < 4.78 is 46.9. The van der Waals surface area contributed by atoms with Gasteiger partial charge in [-0.2, -0.15) is 13.2 Å². The number of carbonyl (C=O) groups excluding carboxylic acids is 2. The Bertz CT molecular complexity index is 1050. The minimum absolute atomic E-state index is 0.00949. The lowest BCUT2D eigenvalue weighted by Gasteiger charge is -2.43. The molecule has 1 atom stereocenters. The van der Waals surface area contributed by atoms with E-state index in [-0.39, 0.29) is 31.0 Å². The topological polar surface area (TPSA) is 53.1 Å². The normalized spacial score (nSPS) is 21.3. The molecule has 2 heterocycles. The highest BCUT2D eigenvalue weighted by atomic mass is 19.4. The largest absolute Gasteiger partial charge is 0.493 e. The first kappa shape index (κ1) is 26.0. The molecular weight excluding hydrogens is 471 g/mol. The first-order chi connectivity index (χ1) is 17.2. The standard InChI is InChI=1S/C27H32F3N3O3/c1-31-14-16-32(17-15-31)24(34)18-26(20-36-21-8-3-2-4-9-21)12-7-13-33(19-26)25(35)22-10-5-6-11-23(22)27(28,29)30/h2-6,8-11H,7,12-20H2,1H3/t26-/m0/s1. The van der Waals surface area contributed by atoms with Crippen LogP contribution in [-0.2, 0) is 11.0 Å². The van der Waals surface area contributed by atoms with Gasteiger partial charge in [0.1, 0.15) is 5.75 Å². The predicted molar refractivity (Wildman–Crippen MR) is 130 cm³/mol. The van der Waals surface area contributed by atoms with Crippen LogP contribution in [0.3, 0.4) is 0 Å². The summed E-state index contributed by atoms with van der Waals surface area (Å²) in [5.41, 5.74) is -2.01. The summed E-state index contributed by atoms with van der Waals surface area (Å²) in [7, 11) is 2.01. The maximum Gasteiger partial charge on any atom is 0.417 e. The number of hydrogen-bond donors (Lipinski definition) is 0. The molecule has 4 rings (SSSR count). The molecule has 2 amide bonds. The third kappa shape index (κ3) is 6.19. The summed E-state index contributed by atoms with van der Waals surface area (Å²) in [6, 6.07) is 14.1. The first-order valence-electron chi connectivity index (χ1n) is 12.3. The number of halogens is 3. The van der Waals surface area contributed by atoms with Gasteiger partial charge in [-0.1, -0.05) is 30.3 Å². The van der Waals surface area contributed by atoms with Gasteiger partial charge in [0.15, 0.2) is 0 Å². The van der Waals surface area contributed by atoms with Crippen LogP contribution < -0.4 is 4.74 Å². The molecule has 9 heteroatoms. The summed E-state index contributed by atoms with van der Waals surface area (Å²) in [5.74, 6) is -0.0294. The minimum atomic E-state index is -4.63. The van der Waals surface area contributed by atoms with E-state index in [1.54, 1.807) is 0 Å². The van der Waals surface area contributed by atoms with Gasteiger partial charge in [0.25, 0.3) is 5.91 Å². The second-order valence-corrected chi connectivity index (χ2v) is 9.84. The number of likely N-dealkylation sites (tertiary alicyclic amines) is 1. The quantitative estimate of drug-likeness (QED) is 0.594. The van der Waals surface area contributed by atoms with Crippen LogP contribution >= 0.6 is 0 Å². The van der Waals surface area contributed by atoms with Crippen LogP contribution in [0.25, 0.3) is 0 Å². The van der Waals surface area contributed by atoms with E-state index in [0.717, 1.165) is 19.2 Å². The Kier molecular flexibility index (Phi) is 7.88. The Morgan fingerprint density at radius 1 is 0.917 bits per heavy atom. The molecule has 0 aliphatic carbocycles. The number of alkyl halides is 3. The number of rotatable bonds is 6. The lowest BCUT2D eigenvalue weighted by atomic mass is 9.77. The Hall–Kier alpha value is -3.07. The minimum Gasteiger partial charge on any atom is -0.493 e. The Morgan fingerprint density at radius 3 is 2.28 bits per heavy atom. The van der Waals surface area contributed by atoms with Gasteiger partial charge < -0.3 is 19.4 Å². The van der Waals surface area contributed by atoms with Crippen molar-refractivity contribution < 1.29 is 27.5 Å².